The summed E-state index contributed by atoms with van der Waals surface area (Å²) in [6.45, 7) is 9.41. The van der Waals surface area contributed by atoms with Gasteiger partial charge in [0.1, 0.15) is 0 Å². The highest BCUT2D eigenvalue weighted by molar-refractivity contribution is 5.08. The van der Waals surface area contributed by atoms with Crippen molar-refractivity contribution in [3.63, 3.8) is 0 Å². The van der Waals surface area contributed by atoms with Gasteiger partial charge in [0.2, 0.25) is 0 Å². The van der Waals surface area contributed by atoms with Gasteiger partial charge in [0.25, 0.3) is 0 Å². The Labute approximate surface area is 75.4 Å². The molecule has 0 saturated carbocycles. The second-order valence-corrected chi connectivity index (χ2v) is 2.72. The predicted octanol–water partition coefficient (Wildman–Crippen LogP) is 3.10. The van der Waals surface area contributed by atoms with Crippen molar-refractivity contribution in [3.05, 3.63) is 37.0 Å². The van der Waals surface area contributed by atoms with Gasteiger partial charge >= 0.3 is 0 Å². The first-order chi connectivity index (χ1) is 5.76. The molecule has 0 aliphatic carbocycles. The van der Waals surface area contributed by atoms with E-state index in [0.29, 0.717) is 0 Å². The lowest BCUT2D eigenvalue weighted by Gasteiger charge is -2.13. The van der Waals surface area contributed by atoms with E-state index < -0.39 is 0 Å². The van der Waals surface area contributed by atoms with Crippen LogP contribution in [0.5, 0.6) is 0 Å². The van der Waals surface area contributed by atoms with E-state index in [1.54, 1.807) is 7.11 Å². The lowest BCUT2D eigenvalue weighted by molar-refractivity contribution is 0.134. The van der Waals surface area contributed by atoms with Gasteiger partial charge in [-0.25, -0.2) is 0 Å². The van der Waals surface area contributed by atoms with E-state index in [1.165, 1.54) is 5.57 Å². The van der Waals surface area contributed by atoms with E-state index in [1.807, 2.05) is 12.2 Å². The van der Waals surface area contributed by atoms with Gasteiger partial charge in [-0.05, 0) is 25.3 Å². The Hall–Kier alpha value is -0.820. The molecule has 1 nitrogen and oxygen atoms in total. The van der Waals surface area contributed by atoms with Gasteiger partial charge in [0.05, 0.1) is 6.10 Å². The molecule has 0 bridgehead atoms. The van der Waals surface area contributed by atoms with Crippen LogP contribution >= 0.6 is 0 Å². The van der Waals surface area contributed by atoms with Gasteiger partial charge in [0.15, 0.2) is 0 Å². The van der Waals surface area contributed by atoms with Crippen LogP contribution in [0.1, 0.15) is 19.8 Å². The molecule has 0 rings (SSSR count). The van der Waals surface area contributed by atoms with Crippen molar-refractivity contribution >= 4 is 0 Å². The van der Waals surface area contributed by atoms with Crippen LogP contribution in [0.2, 0.25) is 0 Å². The van der Waals surface area contributed by atoms with Crippen molar-refractivity contribution in [2.75, 3.05) is 7.11 Å². The van der Waals surface area contributed by atoms with Gasteiger partial charge in [-0.2, -0.15) is 0 Å². The Kier molecular flexibility index (Phi) is 6.39. The average molecular weight is 166 g/mol. The second kappa shape index (κ2) is 6.86. The van der Waals surface area contributed by atoms with E-state index in [2.05, 4.69) is 26.2 Å². The smallest absolute Gasteiger partial charge is 0.0812 e. The fourth-order valence-corrected chi connectivity index (χ4v) is 1.02. The Morgan fingerprint density at radius 2 is 2.08 bits per heavy atom. The van der Waals surface area contributed by atoms with Crippen molar-refractivity contribution in [3.8, 4) is 0 Å². The molecule has 0 aromatic carbocycles. The van der Waals surface area contributed by atoms with Gasteiger partial charge in [0, 0.05) is 7.11 Å². The van der Waals surface area contributed by atoms with Crippen molar-refractivity contribution in [1.82, 2.24) is 0 Å². The summed E-state index contributed by atoms with van der Waals surface area (Å²) in [6, 6.07) is 0. The molecule has 0 saturated heterocycles. The van der Waals surface area contributed by atoms with Crippen molar-refractivity contribution in [2.24, 2.45) is 0 Å². The number of ether oxygens (including phenoxy) is 1. The molecule has 0 amide bonds. The fourth-order valence-electron chi connectivity index (χ4n) is 1.02. The third kappa shape index (κ3) is 4.14. The van der Waals surface area contributed by atoms with Crippen molar-refractivity contribution in [1.29, 1.82) is 0 Å². The van der Waals surface area contributed by atoms with Crippen molar-refractivity contribution < 1.29 is 4.74 Å². The van der Waals surface area contributed by atoms with Crippen LogP contribution in [0.3, 0.4) is 0 Å². The highest BCUT2D eigenvalue weighted by Crippen LogP contribution is 2.10. The molecule has 0 N–H and O–H groups in total. The zero-order valence-electron chi connectivity index (χ0n) is 8.05. The molecule has 0 aliphatic heterocycles. The maximum absolute atomic E-state index is 5.28. The molecule has 1 heteroatoms. The standard InChI is InChI=1S/C11H18O/c1-5-7-9-10(3)11(12-4)8-6-2/h5-6,9,11H,1-2,7-8H2,3-4H3/b10-9+. The number of rotatable bonds is 6. The molecule has 0 spiro atoms. The molecule has 0 aromatic rings. The first-order valence-electron chi connectivity index (χ1n) is 4.17. The first kappa shape index (κ1) is 11.2. The number of methoxy groups -OCH3 is 1. The van der Waals surface area contributed by atoms with E-state index in [9.17, 15) is 0 Å². The summed E-state index contributed by atoms with van der Waals surface area (Å²) in [6.07, 6.45) is 7.84. The van der Waals surface area contributed by atoms with Gasteiger partial charge in [-0.3, -0.25) is 0 Å². The molecule has 0 aromatic heterocycles. The number of hydrogen-bond acceptors (Lipinski definition) is 1. The molecule has 68 valence electrons. The maximum Gasteiger partial charge on any atom is 0.0812 e. The zero-order valence-corrected chi connectivity index (χ0v) is 8.05. The summed E-state index contributed by atoms with van der Waals surface area (Å²) < 4.78 is 5.28. The summed E-state index contributed by atoms with van der Waals surface area (Å²) in [7, 11) is 1.72. The Morgan fingerprint density at radius 3 is 2.50 bits per heavy atom. The molecule has 0 aliphatic rings. The van der Waals surface area contributed by atoms with Crippen LogP contribution in [0.15, 0.2) is 37.0 Å². The second-order valence-electron chi connectivity index (χ2n) is 2.72. The fraction of sp³-hybridized carbons (Fsp3) is 0.455. The lowest BCUT2D eigenvalue weighted by Crippen LogP contribution is -2.10. The highest BCUT2D eigenvalue weighted by Gasteiger charge is 2.05. The van der Waals surface area contributed by atoms with Crippen LogP contribution in [0.25, 0.3) is 0 Å². The third-order valence-corrected chi connectivity index (χ3v) is 1.78. The predicted molar refractivity (Wildman–Crippen MR) is 54.2 cm³/mol. The summed E-state index contributed by atoms with van der Waals surface area (Å²) in [5.41, 5.74) is 1.25. The SMILES string of the molecule is C=CC/C=C(\C)C(CC=C)OC. The molecule has 0 heterocycles. The summed E-state index contributed by atoms with van der Waals surface area (Å²) in [5.74, 6) is 0. The van der Waals surface area contributed by atoms with Crippen molar-refractivity contribution in [2.45, 2.75) is 25.9 Å². The maximum atomic E-state index is 5.28. The molecule has 0 fully saturated rings. The molecule has 1 unspecified atom stereocenters. The molecule has 12 heavy (non-hydrogen) atoms. The zero-order chi connectivity index (χ0) is 9.40. The summed E-state index contributed by atoms with van der Waals surface area (Å²) >= 11 is 0. The first-order valence-corrected chi connectivity index (χ1v) is 4.17. The topological polar surface area (TPSA) is 9.23 Å². The minimum absolute atomic E-state index is 0.183. The minimum atomic E-state index is 0.183. The van der Waals surface area contributed by atoms with Crippen LogP contribution in [-0.4, -0.2) is 13.2 Å². The van der Waals surface area contributed by atoms with E-state index in [4.69, 9.17) is 4.74 Å². The quantitative estimate of drug-likeness (QED) is 0.551. The van der Waals surface area contributed by atoms with Gasteiger partial charge in [-0.1, -0.05) is 18.2 Å². The Bertz CT molecular complexity index is 168. The Balaban J connectivity index is 4.07. The molecular weight excluding hydrogens is 148 g/mol. The molecule has 1 atom stereocenters. The van der Waals surface area contributed by atoms with Gasteiger partial charge in [-0.15, -0.1) is 13.2 Å². The lowest BCUT2D eigenvalue weighted by atomic mass is 10.1. The monoisotopic (exact) mass is 166 g/mol. The largest absolute Gasteiger partial charge is 0.377 e. The summed E-state index contributed by atoms with van der Waals surface area (Å²) in [5, 5.41) is 0. The summed E-state index contributed by atoms with van der Waals surface area (Å²) in [4.78, 5) is 0. The normalized spacial score (nSPS) is 14.0. The minimum Gasteiger partial charge on any atom is -0.377 e. The number of hydrogen-bond donors (Lipinski definition) is 0. The Morgan fingerprint density at radius 1 is 1.42 bits per heavy atom. The van der Waals surface area contributed by atoms with E-state index >= 15 is 0 Å². The van der Waals surface area contributed by atoms with E-state index in [-0.39, 0.29) is 6.10 Å². The van der Waals surface area contributed by atoms with Gasteiger partial charge < -0.3 is 4.74 Å². The number of allylic oxidation sites excluding steroid dienone is 2. The third-order valence-electron chi connectivity index (χ3n) is 1.78. The van der Waals surface area contributed by atoms with Crippen LogP contribution in [-0.2, 0) is 4.74 Å². The average Bonchev–Trinajstić information content (AvgIpc) is 2.10. The van der Waals surface area contributed by atoms with Crippen LogP contribution in [0, 0.1) is 0 Å². The van der Waals surface area contributed by atoms with E-state index in [0.717, 1.165) is 12.8 Å². The molecule has 0 radical (unpaired) electrons. The van der Waals surface area contributed by atoms with Crippen LogP contribution < -0.4 is 0 Å². The van der Waals surface area contributed by atoms with Crippen LogP contribution in [0.4, 0.5) is 0 Å². The highest BCUT2D eigenvalue weighted by atomic mass is 16.5. The molecular formula is C11H18O.